The number of amides is 1. The number of hydrogen-bond donors (Lipinski definition) is 2. The first-order chi connectivity index (χ1) is 14.0. The van der Waals surface area contributed by atoms with Crippen LogP contribution in [0.1, 0.15) is 24.1 Å². The van der Waals surface area contributed by atoms with Crippen LogP contribution in [0.3, 0.4) is 0 Å². The number of nitrogens with one attached hydrogen (secondary N) is 2. The number of carbonyl (C=O) groups is 1. The molecule has 1 amide bonds. The van der Waals surface area contributed by atoms with Gasteiger partial charge in [-0.2, -0.15) is 0 Å². The number of aromatic nitrogens is 3. The third-order valence-corrected chi connectivity index (χ3v) is 4.16. The molecule has 2 aromatic carbocycles. The van der Waals surface area contributed by atoms with Gasteiger partial charge in [-0.25, -0.2) is 13.9 Å². The highest BCUT2D eigenvalue weighted by molar-refractivity contribution is 5.87. The molecule has 1 atom stereocenters. The van der Waals surface area contributed by atoms with E-state index in [1.54, 1.807) is 0 Å². The molecule has 0 aliphatic carbocycles. The molecular formula is C18H13F5N4O3. The molecular weight excluding hydrogens is 415 g/mol. The van der Waals surface area contributed by atoms with Crippen LogP contribution in [-0.4, -0.2) is 27.7 Å². The summed E-state index contributed by atoms with van der Waals surface area (Å²) in [5.41, 5.74) is -0.980. The summed E-state index contributed by atoms with van der Waals surface area (Å²) in [6, 6.07) is 3.76. The molecule has 0 fully saturated rings. The van der Waals surface area contributed by atoms with E-state index >= 15 is 0 Å². The Morgan fingerprint density at radius 2 is 1.93 bits per heavy atom. The van der Waals surface area contributed by atoms with Gasteiger partial charge in [-0.15, -0.1) is 18.3 Å². The summed E-state index contributed by atoms with van der Waals surface area (Å²) in [6.45, 7) is 1.39. The lowest BCUT2D eigenvalue weighted by Crippen LogP contribution is -2.29. The quantitative estimate of drug-likeness (QED) is 0.610. The maximum Gasteiger partial charge on any atom is 0.573 e. The number of carbonyl (C=O) groups excluding carboxylic acids is 1. The monoisotopic (exact) mass is 428 g/mol. The van der Waals surface area contributed by atoms with Crippen molar-refractivity contribution in [2.75, 3.05) is 0 Å². The van der Waals surface area contributed by atoms with E-state index in [1.807, 2.05) is 0 Å². The number of benzene rings is 2. The highest BCUT2D eigenvalue weighted by Gasteiger charge is 2.31. The first kappa shape index (κ1) is 21.1. The van der Waals surface area contributed by atoms with Crippen LogP contribution in [0.4, 0.5) is 22.0 Å². The summed E-state index contributed by atoms with van der Waals surface area (Å²) in [7, 11) is 0. The maximum atomic E-state index is 14.2. The zero-order chi connectivity index (χ0) is 22.1. The SMILES string of the molecule is C[C@H](NC(=O)Cc1c(F)ccc2nn[nH]c(=O)c12)c1ccc(OC(F)(F)F)cc1F. The highest BCUT2D eigenvalue weighted by atomic mass is 19.4. The number of aromatic amines is 1. The van der Waals surface area contributed by atoms with Gasteiger partial charge in [0, 0.05) is 17.2 Å². The Bertz CT molecular complexity index is 1160. The van der Waals surface area contributed by atoms with Crippen LogP contribution in [0.25, 0.3) is 10.9 Å². The summed E-state index contributed by atoms with van der Waals surface area (Å²) in [5, 5.41) is 11.3. The van der Waals surface area contributed by atoms with Gasteiger partial charge in [0.05, 0.1) is 17.8 Å². The Labute approximate surface area is 164 Å². The largest absolute Gasteiger partial charge is 0.573 e. The second kappa shape index (κ2) is 8.05. The van der Waals surface area contributed by atoms with Gasteiger partial charge in [0.2, 0.25) is 5.91 Å². The van der Waals surface area contributed by atoms with Crippen molar-refractivity contribution in [3.8, 4) is 5.75 Å². The van der Waals surface area contributed by atoms with Crippen molar-refractivity contribution in [1.82, 2.24) is 20.7 Å². The Hall–Kier alpha value is -3.57. The lowest BCUT2D eigenvalue weighted by molar-refractivity contribution is -0.274. The fraction of sp³-hybridized carbons (Fsp3) is 0.222. The summed E-state index contributed by atoms with van der Waals surface area (Å²) in [6.07, 6.45) is -5.53. The maximum absolute atomic E-state index is 14.2. The number of ether oxygens (including phenoxy) is 1. The first-order valence-corrected chi connectivity index (χ1v) is 8.42. The van der Waals surface area contributed by atoms with Crippen molar-refractivity contribution in [2.45, 2.75) is 25.7 Å². The fourth-order valence-electron chi connectivity index (χ4n) is 2.89. The Morgan fingerprint density at radius 1 is 1.20 bits per heavy atom. The van der Waals surface area contributed by atoms with Crippen LogP contribution in [-0.2, 0) is 11.2 Å². The number of H-pyrrole nitrogens is 1. The number of hydrogen-bond acceptors (Lipinski definition) is 5. The second-order valence-corrected chi connectivity index (χ2v) is 6.26. The zero-order valence-electron chi connectivity index (χ0n) is 15.2. The Balaban J connectivity index is 1.78. The van der Waals surface area contributed by atoms with Gasteiger partial charge in [-0.05, 0) is 25.1 Å². The normalized spacial score (nSPS) is 12.6. The van der Waals surface area contributed by atoms with E-state index in [9.17, 15) is 31.5 Å². The average molecular weight is 428 g/mol. The molecule has 30 heavy (non-hydrogen) atoms. The van der Waals surface area contributed by atoms with Crippen LogP contribution < -0.4 is 15.6 Å². The van der Waals surface area contributed by atoms with Gasteiger partial charge in [0.15, 0.2) is 0 Å². The number of rotatable bonds is 5. The van der Waals surface area contributed by atoms with Crippen molar-refractivity contribution in [2.24, 2.45) is 0 Å². The standard InChI is InChI=1S/C18H13F5N4O3/c1-8(10-3-2-9(6-13(10)20)30-18(21,22)23)24-15(28)7-11-12(19)4-5-14-16(11)17(29)26-27-25-14/h2-6,8H,7H2,1H3,(H,24,28)(H,25,26,29)/t8-/m0/s1. The van der Waals surface area contributed by atoms with Crippen molar-refractivity contribution in [3.63, 3.8) is 0 Å². The summed E-state index contributed by atoms with van der Waals surface area (Å²) >= 11 is 0. The number of alkyl halides is 3. The minimum absolute atomic E-state index is 0.0855. The fourth-order valence-corrected chi connectivity index (χ4v) is 2.89. The predicted molar refractivity (Wildman–Crippen MR) is 93.5 cm³/mol. The van der Waals surface area contributed by atoms with Gasteiger partial charge < -0.3 is 10.1 Å². The van der Waals surface area contributed by atoms with E-state index in [0.29, 0.717) is 6.07 Å². The summed E-state index contributed by atoms with van der Waals surface area (Å²) in [4.78, 5) is 24.3. The number of fused-ring (bicyclic) bond motifs is 1. The van der Waals surface area contributed by atoms with Crippen LogP contribution in [0, 0.1) is 11.6 Å². The molecule has 0 aliphatic rings. The summed E-state index contributed by atoms with van der Waals surface area (Å²) < 4.78 is 68.7. The Morgan fingerprint density at radius 3 is 2.60 bits per heavy atom. The lowest BCUT2D eigenvalue weighted by atomic mass is 10.0. The molecule has 0 aliphatic heterocycles. The highest BCUT2D eigenvalue weighted by Crippen LogP contribution is 2.27. The topological polar surface area (TPSA) is 97.0 Å². The molecule has 0 unspecified atom stereocenters. The van der Waals surface area contributed by atoms with E-state index in [1.165, 1.54) is 13.0 Å². The molecule has 158 valence electrons. The molecule has 3 aromatic rings. The average Bonchev–Trinajstić information content (AvgIpc) is 2.62. The number of halogens is 5. The molecule has 12 heteroatoms. The zero-order valence-corrected chi connectivity index (χ0v) is 15.2. The third-order valence-electron chi connectivity index (χ3n) is 4.16. The lowest BCUT2D eigenvalue weighted by Gasteiger charge is -2.17. The molecule has 0 saturated carbocycles. The third kappa shape index (κ3) is 4.70. The minimum Gasteiger partial charge on any atom is -0.406 e. The molecule has 0 saturated heterocycles. The van der Waals surface area contributed by atoms with Gasteiger partial charge in [-0.3, -0.25) is 9.59 Å². The van der Waals surface area contributed by atoms with E-state index in [-0.39, 0.29) is 22.0 Å². The smallest absolute Gasteiger partial charge is 0.406 e. The second-order valence-electron chi connectivity index (χ2n) is 6.26. The molecule has 3 rings (SSSR count). The van der Waals surface area contributed by atoms with E-state index in [2.05, 4.69) is 25.5 Å². The molecule has 0 radical (unpaired) electrons. The van der Waals surface area contributed by atoms with Gasteiger partial charge in [-0.1, -0.05) is 11.3 Å². The van der Waals surface area contributed by atoms with E-state index in [0.717, 1.165) is 18.2 Å². The molecule has 7 nitrogen and oxygen atoms in total. The molecule has 0 spiro atoms. The Kier molecular flexibility index (Phi) is 5.67. The predicted octanol–water partition coefficient (Wildman–Crippen LogP) is 2.91. The van der Waals surface area contributed by atoms with Crippen LogP contribution in [0.2, 0.25) is 0 Å². The first-order valence-electron chi connectivity index (χ1n) is 8.42. The van der Waals surface area contributed by atoms with Crippen molar-refractivity contribution in [1.29, 1.82) is 0 Å². The molecule has 1 heterocycles. The van der Waals surface area contributed by atoms with Crippen LogP contribution in [0.15, 0.2) is 35.1 Å². The van der Waals surface area contributed by atoms with E-state index in [4.69, 9.17) is 0 Å². The van der Waals surface area contributed by atoms with Crippen molar-refractivity contribution < 1.29 is 31.5 Å². The molecule has 1 aromatic heterocycles. The molecule has 0 bridgehead atoms. The number of nitrogens with zero attached hydrogens (tertiary/aromatic N) is 2. The van der Waals surface area contributed by atoms with Crippen LogP contribution in [0.5, 0.6) is 5.75 Å². The summed E-state index contributed by atoms with van der Waals surface area (Å²) in [5.74, 6) is -3.35. The van der Waals surface area contributed by atoms with Gasteiger partial charge >= 0.3 is 6.36 Å². The molecule has 2 N–H and O–H groups in total. The minimum atomic E-state index is -4.97. The van der Waals surface area contributed by atoms with E-state index < -0.39 is 47.7 Å². The van der Waals surface area contributed by atoms with Gasteiger partial charge in [0.1, 0.15) is 22.9 Å². The van der Waals surface area contributed by atoms with Crippen molar-refractivity contribution in [3.05, 3.63) is 63.4 Å². The van der Waals surface area contributed by atoms with Crippen molar-refractivity contribution >= 4 is 16.8 Å². The van der Waals surface area contributed by atoms with Gasteiger partial charge in [0.25, 0.3) is 5.56 Å². The van der Waals surface area contributed by atoms with Crippen LogP contribution >= 0.6 is 0 Å².